The molecule has 0 amide bonds. The second-order valence-corrected chi connectivity index (χ2v) is 5.54. The molecule has 4 N–H and O–H groups in total. The number of rotatable bonds is 5. The van der Waals surface area contributed by atoms with Crippen LogP contribution >= 0.6 is 0 Å². The van der Waals surface area contributed by atoms with E-state index >= 15 is 0 Å². The van der Waals surface area contributed by atoms with Crippen LogP contribution in [0.4, 0.5) is 11.6 Å². The van der Waals surface area contributed by atoms with Gasteiger partial charge < -0.3 is 16.2 Å². The lowest BCUT2D eigenvalue weighted by Gasteiger charge is -2.22. The highest BCUT2D eigenvalue weighted by molar-refractivity contribution is 5.60. The van der Waals surface area contributed by atoms with Crippen molar-refractivity contribution in [1.82, 2.24) is 9.97 Å². The van der Waals surface area contributed by atoms with Gasteiger partial charge in [0, 0.05) is 30.2 Å². The van der Waals surface area contributed by atoms with E-state index in [1.165, 1.54) is 0 Å². The van der Waals surface area contributed by atoms with Gasteiger partial charge in [0.15, 0.2) is 5.82 Å². The van der Waals surface area contributed by atoms with E-state index in [9.17, 15) is 5.11 Å². The molecule has 20 heavy (non-hydrogen) atoms. The van der Waals surface area contributed by atoms with Gasteiger partial charge in [0.05, 0.1) is 0 Å². The van der Waals surface area contributed by atoms with Crippen molar-refractivity contribution in [1.29, 1.82) is 0 Å². The molecule has 0 aliphatic heterocycles. The molecule has 2 rings (SSSR count). The SMILES string of the molecule is CC(C)(CO)CNc1cc(N)nc(-c2ccccc2)n1. The van der Waals surface area contributed by atoms with E-state index < -0.39 is 0 Å². The molecule has 0 bridgehead atoms. The Morgan fingerprint density at radius 2 is 1.90 bits per heavy atom. The van der Waals surface area contributed by atoms with Gasteiger partial charge in [-0.05, 0) is 0 Å². The first kappa shape index (κ1) is 14.3. The second kappa shape index (κ2) is 5.88. The van der Waals surface area contributed by atoms with Crippen molar-refractivity contribution in [3.63, 3.8) is 0 Å². The van der Waals surface area contributed by atoms with Gasteiger partial charge in [-0.2, -0.15) is 0 Å². The fourth-order valence-electron chi connectivity index (χ4n) is 1.66. The van der Waals surface area contributed by atoms with E-state index in [2.05, 4.69) is 15.3 Å². The third-order valence-electron chi connectivity index (χ3n) is 2.95. The Morgan fingerprint density at radius 1 is 1.20 bits per heavy atom. The van der Waals surface area contributed by atoms with E-state index in [0.29, 0.717) is 24.0 Å². The highest BCUT2D eigenvalue weighted by Gasteiger charge is 2.16. The van der Waals surface area contributed by atoms with Gasteiger partial charge >= 0.3 is 0 Å². The van der Waals surface area contributed by atoms with Crippen molar-refractivity contribution >= 4 is 11.6 Å². The predicted octanol–water partition coefficient (Wildman–Crippen LogP) is 2.16. The van der Waals surface area contributed by atoms with Gasteiger partial charge in [-0.1, -0.05) is 44.2 Å². The molecule has 1 aromatic carbocycles. The van der Waals surface area contributed by atoms with Crippen LogP contribution in [-0.4, -0.2) is 28.2 Å². The Morgan fingerprint density at radius 3 is 2.55 bits per heavy atom. The minimum Gasteiger partial charge on any atom is -0.396 e. The normalized spacial score (nSPS) is 11.3. The molecule has 0 aliphatic rings. The zero-order valence-electron chi connectivity index (χ0n) is 11.8. The van der Waals surface area contributed by atoms with Crippen LogP contribution in [0.25, 0.3) is 11.4 Å². The number of benzene rings is 1. The van der Waals surface area contributed by atoms with E-state index in [1.54, 1.807) is 6.07 Å². The average molecular weight is 272 g/mol. The van der Waals surface area contributed by atoms with E-state index in [0.717, 1.165) is 5.56 Å². The number of anilines is 2. The average Bonchev–Trinajstić information content (AvgIpc) is 2.46. The van der Waals surface area contributed by atoms with E-state index in [4.69, 9.17) is 5.73 Å². The summed E-state index contributed by atoms with van der Waals surface area (Å²) in [4.78, 5) is 8.70. The monoisotopic (exact) mass is 272 g/mol. The molecule has 5 heteroatoms. The maximum atomic E-state index is 9.26. The summed E-state index contributed by atoms with van der Waals surface area (Å²) in [7, 11) is 0. The number of nitrogens with one attached hydrogen (secondary N) is 1. The van der Waals surface area contributed by atoms with Crippen molar-refractivity contribution in [2.75, 3.05) is 24.2 Å². The summed E-state index contributed by atoms with van der Waals surface area (Å²) in [6.07, 6.45) is 0. The number of nitrogens with zero attached hydrogens (tertiary/aromatic N) is 2. The molecule has 0 saturated heterocycles. The molecule has 0 atom stereocenters. The summed E-state index contributed by atoms with van der Waals surface area (Å²) < 4.78 is 0. The molecule has 0 saturated carbocycles. The summed E-state index contributed by atoms with van der Waals surface area (Å²) in [5, 5.41) is 12.5. The van der Waals surface area contributed by atoms with Crippen LogP contribution in [0.15, 0.2) is 36.4 Å². The van der Waals surface area contributed by atoms with Gasteiger partial charge in [-0.3, -0.25) is 0 Å². The van der Waals surface area contributed by atoms with Crippen LogP contribution in [0.3, 0.4) is 0 Å². The Hall–Kier alpha value is -2.14. The zero-order valence-corrected chi connectivity index (χ0v) is 11.8. The third-order valence-corrected chi connectivity index (χ3v) is 2.95. The molecule has 5 nitrogen and oxygen atoms in total. The number of aliphatic hydroxyl groups excluding tert-OH is 1. The highest BCUT2D eigenvalue weighted by atomic mass is 16.3. The van der Waals surface area contributed by atoms with Crippen molar-refractivity contribution < 1.29 is 5.11 Å². The molecule has 2 aromatic rings. The highest BCUT2D eigenvalue weighted by Crippen LogP contribution is 2.20. The van der Waals surface area contributed by atoms with Gasteiger partial charge in [0.1, 0.15) is 11.6 Å². The van der Waals surface area contributed by atoms with E-state index in [-0.39, 0.29) is 12.0 Å². The van der Waals surface area contributed by atoms with Crippen LogP contribution in [0.2, 0.25) is 0 Å². The molecule has 1 heterocycles. The van der Waals surface area contributed by atoms with Crippen LogP contribution in [0.5, 0.6) is 0 Å². The Labute approximate surface area is 118 Å². The predicted molar refractivity (Wildman–Crippen MR) is 81.2 cm³/mol. The largest absolute Gasteiger partial charge is 0.396 e. The van der Waals surface area contributed by atoms with Crippen molar-refractivity contribution in [3.8, 4) is 11.4 Å². The topological polar surface area (TPSA) is 84.1 Å². The van der Waals surface area contributed by atoms with Crippen LogP contribution in [0.1, 0.15) is 13.8 Å². The van der Waals surface area contributed by atoms with Gasteiger partial charge in [-0.25, -0.2) is 9.97 Å². The number of aliphatic hydroxyl groups is 1. The first-order valence-corrected chi connectivity index (χ1v) is 6.55. The molecular formula is C15H20N4O. The van der Waals surface area contributed by atoms with Crippen molar-refractivity contribution in [3.05, 3.63) is 36.4 Å². The fourth-order valence-corrected chi connectivity index (χ4v) is 1.66. The fraction of sp³-hybridized carbons (Fsp3) is 0.333. The lowest BCUT2D eigenvalue weighted by atomic mass is 9.95. The molecule has 0 spiro atoms. The quantitative estimate of drug-likeness (QED) is 0.776. The molecular weight excluding hydrogens is 252 g/mol. The van der Waals surface area contributed by atoms with Crippen LogP contribution < -0.4 is 11.1 Å². The Bertz CT molecular complexity index is 569. The summed E-state index contributed by atoms with van der Waals surface area (Å²) in [6, 6.07) is 11.4. The number of nitrogens with two attached hydrogens (primary N) is 1. The smallest absolute Gasteiger partial charge is 0.163 e. The van der Waals surface area contributed by atoms with Gasteiger partial charge in [-0.15, -0.1) is 0 Å². The summed E-state index contributed by atoms with van der Waals surface area (Å²) in [6.45, 7) is 4.66. The Balaban J connectivity index is 2.21. The minimum absolute atomic E-state index is 0.103. The standard InChI is InChI=1S/C15H20N4O/c1-15(2,10-20)9-17-13-8-12(16)18-14(19-13)11-6-4-3-5-7-11/h3-8,20H,9-10H2,1-2H3,(H3,16,17,18,19). The molecule has 0 fully saturated rings. The first-order chi connectivity index (χ1) is 9.50. The van der Waals surface area contributed by atoms with Gasteiger partial charge in [0.2, 0.25) is 0 Å². The van der Waals surface area contributed by atoms with Crippen LogP contribution in [-0.2, 0) is 0 Å². The number of nitrogen functional groups attached to an aromatic ring is 1. The molecule has 0 radical (unpaired) electrons. The molecule has 106 valence electrons. The van der Waals surface area contributed by atoms with Crippen molar-refractivity contribution in [2.45, 2.75) is 13.8 Å². The number of hydrogen-bond donors (Lipinski definition) is 3. The number of hydrogen-bond acceptors (Lipinski definition) is 5. The van der Waals surface area contributed by atoms with Crippen molar-refractivity contribution in [2.24, 2.45) is 5.41 Å². The summed E-state index contributed by atoms with van der Waals surface area (Å²) >= 11 is 0. The molecule has 1 aromatic heterocycles. The minimum atomic E-state index is -0.216. The zero-order chi connectivity index (χ0) is 14.6. The lowest BCUT2D eigenvalue weighted by molar-refractivity contribution is 0.170. The summed E-state index contributed by atoms with van der Waals surface area (Å²) in [5.41, 5.74) is 6.53. The van der Waals surface area contributed by atoms with E-state index in [1.807, 2.05) is 44.2 Å². The lowest BCUT2D eigenvalue weighted by Crippen LogP contribution is -2.27. The first-order valence-electron chi connectivity index (χ1n) is 6.55. The molecule has 0 unspecified atom stereocenters. The summed E-state index contributed by atoms with van der Waals surface area (Å²) in [5.74, 6) is 1.68. The van der Waals surface area contributed by atoms with Gasteiger partial charge in [0.25, 0.3) is 0 Å². The molecule has 0 aliphatic carbocycles. The maximum Gasteiger partial charge on any atom is 0.163 e. The maximum absolute atomic E-state index is 9.26. The Kier molecular flexibility index (Phi) is 4.20. The second-order valence-electron chi connectivity index (χ2n) is 5.54. The third kappa shape index (κ3) is 3.68. The number of aromatic nitrogens is 2. The van der Waals surface area contributed by atoms with Crippen LogP contribution in [0, 0.1) is 5.41 Å².